The van der Waals surface area contributed by atoms with Crippen LogP contribution >= 0.6 is 0 Å². The molecule has 0 fully saturated rings. The molecule has 1 aromatic heterocycles. The lowest BCUT2D eigenvalue weighted by atomic mass is 10.2. The minimum Gasteiger partial charge on any atom is -0.451 e. The predicted octanol–water partition coefficient (Wildman–Crippen LogP) is 2.69. The fourth-order valence-electron chi connectivity index (χ4n) is 1.66. The highest BCUT2D eigenvalue weighted by molar-refractivity contribution is 5.55. The zero-order chi connectivity index (χ0) is 13.4. The zero-order valence-electron chi connectivity index (χ0n) is 10.3. The number of nitrogens with zero attached hydrogens (tertiary/aromatic N) is 2. The summed E-state index contributed by atoms with van der Waals surface area (Å²) in [5.41, 5.74) is 6.66. The number of aryl methyl sites for hydroxylation is 2. The van der Waals surface area contributed by atoms with E-state index in [2.05, 4.69) is 5.10 Å². The minimum absolute atomic E-state index is 0.0494. The van der Waals surface area contributed by atoms with E-state index in [0.717, 1.165) is 11.8 Å². The first-order chi connectivity index (χ1) is 8.40. The number of nitrogens with two attached hydrogens (primary N) is 1. The molecule has 4 nitrogen and oxygen atoms in total. The summed E-state index contributed by atoms with van der Waals surface area (Å²) in [4.78, 5) is 0. The summed E-state index contributed by atoms with van der Waals surface area (Å²) in [6, 6.07) is 1.76. The fourth-order valence-corrected chi connectivity index (χ4v) is 1.66. The van der Waals surface area contributed by atoms with Gasteiger partial charge >= 0.3 is 0 Å². The van der Waals surface area contributed by atoms with Gasteiger partial charge < -0.3 is 10.5 Å². The lowest BCUT2D eigenvalue weighted by Crippen LogP contribution is -1.98. The van der Waals surface area contributed by atoms with Crippen molar-refractivity contribution in [2.24, 2.45) is 7.05 Å². The molecule has 0 unspecified atom stereocenters. The number of halogens is 2. The summed E-state index contributed by atoms with van der Waals surface area (Å²) in [6.07, 6.45) is 0. The molecular weight excluding hydrogens is 240 g/mol. The lowest BCUT2D eigenvalue weighted by Gasteiger charge is -2.09. The third kappa shape index (κ3) is 2.01. The van der Waals surface area contributed by atoms with Crippen molar-refractivity contribution in [3.63, 3.8) is 0 Å². The summed E-state index contributed by atoms with van der Waals surface area (Å²) < 4.78 is 33.5. The second kappa shape index (κ2) is 4.29. The Hall–Kier alpha value is -2.11. The second-order valence-corrected chi connectivity index (χ2v) is 4.03. The van der Waals surface area contributed by atoms with Crippen LogP contribution in [0.5, 0.6) is 11.5 Å². The highest BCUT2D eigenvalue weighted by Crippen LogP contribution is 2.33. The van der Waals surface area contributed by atoms with Crippen molar-refractivity contribution in [1.82, 2.24) is 9.78 Å². The summed E-state index contributed by atoms with van der Waals surface area (Å²) in [6.45, 7) is 3.54. The molecule has 0 radical (unpaired) electrons. The van der Waals surface area contributed by atoms with Crippen LogP contribution < -0.4 is 10.5 Å². The Bertz CT molecular complexity index is 608. The van der Waals surface area contributed by atoms with Gasteiger partial charge in [-0.2, -0.15) is 5.10 Å². The number of aromatic nitrogens is 2. The van der Waals surface area contributed by atoms with Gasteiger partial charge in [0.05, 0.1) is 5.69 Å². The fraction of sp³-hybridized carbons (Fsp3) is 0.250. The van der Waals surface area contributed by atoms with Crippen LogP contribution in [0.25, 0.3) is 0 Å². The summed E-state index contributed by atoms with van der Waals surface area (Å²) in [7, 11) is 1.75. The third-order valence-corrected chi connectivity index (χ3v) is 2.71. The van der Waals surface area contributed by atoms with Crippen LogP contribution in [0.2, 0.25) is 0 Å². The van der Waals surface area contributed by atoms with Crippen LogP contribution in [0.1, 0.15) is 11.4 Å². The molecule has 0 aliphatic carbocycles. The molecule has 0 saturated carbocycles. The topological polar surface area (TPSA) is 53.1 Å². The maximum absolute atomic E-state index is 13.3. The Balaban J connectivity index is 2.46. The SMILES string of the molecule is Cc1nn(C)c(C)c1Oc1cc(F)cc(F)c1N. The van der Waals surface area contributed by atoms with Crippen molar-refractivity contribution in [3.05, 3.63) is 35.2 Å². The van der Waals surface area contributed by atoms with Gasteiger partial charge in [0.1, 0.15) is 17.2 Å². The number of anilines is 1. The van der Waals surface area contributed by atoms with Gasteiger partial charge in [-0.1, -0.05) is 0 Å². The summed E-state index contributed by atoms with van der Waals surface area (Å²) in [5.74, 6) is -1.18. The van der Waals surface area contributed by atoms with Crippen LogP contribution in [0.15, 0.2) is 12.1 Å². The molecule has 0 aliphatic rings. The summed E-state index contributed by atoms with van der Waals surface area (Å²) >= 11 is 0. The lowest BCUT2D eigenvalue weighted by molar-refractivity contribution is 0.464. The monoisotopic (exact) mass is 253 g/mol. The Morgan fingerprint density at radius 3 is 2.50 bits per heavy atom. The van der Waals surface area contributed by atoms with Crippen molar-refractivity contribution < 1.29 is 13.5 Å². The van der Waals surface area contributed by atoms with Gasteiger partial charge in [0.25, 0.3) is 0 Å². The van der Waals surface area contributed by atoms with Crippen LogP contribution in [0, 0.1) is 25.5 Å². The average Bonchev–Trinajstić information content (AvgIpc) is 2.52. The number of rotatable bonds is 2. The van der Waals surface area contributed by atoms with Gasteiger partial charge in [-0.25, -0.2) is 8.78 Å². The van der Waals surface area contributed by atoms with Crippen LogP contribution in [-0.4, -0.2) is 9.78 Å². The average molecular weight is 253 g/mol. The predicted molar refractivity (Wildman–Crippen MR) is 63.5 cm³/mol. The van der Waals surface area contributed by atoms with Crippen molar-refractivity contribution in [2.75, 3.05) is 5.73 Å². The highest BCUT2D eigenvalue weighted by Gasteiger charge is 2.15. The van der Waals surface area contributed by atoms with Crippen molar-refractivity contribution in [3.8, 4) is 11.5 Å². The number of hydrogen-bond acceptors (Lipinski definition) is 3. The van der Waals surface area contributed by atoms with E-state index in [-0.39, 0.29) is 11.4 Å². The molecule has 18 heavy (non-hydrogen) atoms. The number of hydrogen-bond donors (Lipinski definition) is 1. The number of nitrogen functional groups attached to an aromatic ring is 1. The normalized spacial score (nSPS) is 10.7. The Labute approximate surface area is 103 Å². The van der Waals surface area contributed by atoms with E-state index in [4.69, 9.17) is 10.5 Å². The molecule has 0 saturated heterocycles. The molecule has 2 rings (SSSR count). The van der Waals surface area contributed by atoms with E-state index < -0.39 is 11.6 Å². The highest BCUT2D eigenvalue weighted by atomic mass is 19.1. The quantitative estimate of drug-likeness (QED) is 0.837. The van der Waals surface area contributed by atoms with Crippen molar-refractivity contribution >= 4 is 5.69 Å². The molecule has 0 aliphatic heterocycles. The van der Waals surface area contributed by atoms with E-state index in [1.54, 1.807) is 25.6 Å². The maximum atomic E-state index is 13.3. The first kappa shape index (κ1) is 12.3. The van der Waals surface area contributed by atoms with Crippen molar-refractivity contribution in [1.29, 1.82) is 0 Å². The molecular formula is C12H13F2N3O. The molecule has 0 bridgehead atoms. The van der Waals surface area contributed by atoms with E-state index >= 15 is 0 Å². The van der Waals surface area contributed by atoms with Gasteiger partial charge in [-0.05, 0) is 13.8 Å². The standard InChI is InChI=1S/C12H13F2N3O/c1-6-12(7(2)17(3)16-6)18-10-5-8(13)4-9(14)11(10)15/h4-5H,15H2,1-3H3. The third-order valence-electron chi connectivity index (χ3n) is 2.71. The number of ether oxygens (including phenoxy) is 1. The minimum atomic E-state index is -0.843. The molecule has 96 valence electrons. The molecule has 2 N–H and O–H groups in total. The molecule has 0 amide bonds. The molecule has 1 aromatic carbocycles. The second-order valence-electron chi connectivity index (χ2n) is 4.03. The molecule has 2 aromatic rings. The zero-order valence-corrected chi connectivity index (χ0v) is 10.3. The molecule has 0 spiro atoms. The van der Waals surface area contributed by atoms with E-state index in [1.165, 1.54) is 0 Å². The Morgan fingerprint density at radius 2 is 1.94 bits per heavy atom. The van der Waals surface area contributed by atoms with Gasteiger partial charge in [0.2, 0.25) is 0 Å². The van der Waals surface area contributed by atoms with Gasteiger partial charge in [-0.15, -0.1) is 0 Å². The van der Waals surface area contributed by atoms with Gasteiger partial charge in [-0.3, -0.25) is 4.68 Å². The Kier molecular flexibility index (Phi) is 2.94. The molecule has 0 atom stereocenters. The first-order valence-corrected chi connectivity index (χ1v) is 5.32. The van der Waals surface area contributed by atoms with Gasteiger partial charge in [0.15, 0.2) is 17.3 Å². The number of benzene rings is 1. The van der Waals surface area contributed by atoms with Crippen molar-refractivity contribution in [2.45, 2.75) is 13.8 Å². The smallest absolute Gasteiger partial charge is 0.171 e. The van der Waals surface area contributed by atoms with Crippen LogP contribution in [-0.2, 0) is 7.05 Å². The first-order valence-electron chi connectivity index (χ1n) is 5.32. The van der Waals surface area contributed by atoms with E-state index in [9.17, 15) is 8.78 Å². The maximum Gasteiger partial charge on any atom is 0.171 e. The molecule has 6 heteroatoms. The largest absolute Gasteiger partial charge is 0.451 e. The van der Waals surface area contributed by atoms with Gasteiger partial charge in [0, 0.05) is 19.2 Å². The summed E-state index contributed by atoms with van der Waals surface area (Å²) in [5, 5.41) is 4.14. The molecule has 1 heterocycles. The van der Waals surface area contributed by atoms with E-state index in [0.29, 0.717) is 17.5 Å². The van der Waals surface area contributed by atoms with Crippen LogP contribution in [0.3, 0.4) is 0 Å². The Morgan fingerprint density at radius 1 is 1.28 bits per heavy atom. The van der Waals surface area contributed by atoms with E-state index in [1.807, 2.05) is 0 Å². The van der Waals surface area contributed by atoms with Crippen LogP contribution in [0.4, 0.5) is 14.5 Å².